The number of sulfonamides is 1. The zero-order valence-corrected chi connectivity index (χ0v) is 20.1. The first-order valence-corrected chi connectivity index (χ1v) is 13.0. The number of hydrogen-bond donors (Lipinski definition) is 0. The summed E-state index contributed by atoms with van der Waals surface area (Å²) in [5.74, 6) is -1.19. The van der Waals surface area contributed by atoms with Gasteiger partial charge in [0, 0.05) is 57.4 Å². The number of fused-ring (bicyclic) bond motifs is 1. The topological polar surface area (TPSA) is 113 Å². The summed E-state index contributed by atoms with van der Waals surface area (Å²) in [4.78, 5) is 40.8. The van der Waals surface area contributed by atoms with Gasteiger partial charge in [-0.2, -0.15) is 4.31 Å². The number of carbonyl (C=O) groups is 2. The first kappa shape index (κ1) is 23.3. The Bertz CT molecular complexity index is 1440. The lowest BCUT2D eigenvalue weighted by Crippen LogP contribution is -2.52. The summed E-state index contributed by atoms with van der Waals surface area (Å²) in [5, 5.41) is 0. The monoisotopic (exact) mass is 498 g/mol. The van der Waals surface area contributed by atoms with Crippen LogP contribution >= 0.6 is 0 Å². The van der Waals surface area contributed by atoms with E-state index in [9.17, 15) is 22.8 Å². The maximum atomic E-state index is 13.2. The van der Waals surface area contributed by atoms with Crippen molar-refractivity contribution in [3.63, 3.8) is 0 Å². The van der Waals surface area contributed by atoms with Crippen molar-refractivity contribution in [2.45, 2.75) is 24.8 Å². The summed E-state index contributed by atoms with van der Waals surface area (Å²) in [6, 6.07) is 13.7. The zero-order chi connectivity index (χ0) is 24.7. The quantitative estimate of drug-likeness (QED) is 0.527. The van der Waals surface area contributed by atoms with Gasteiger partial charge in [0.05, 0.1) is 16.3 Å². The van der Waals surface area contributed by atoms with Gasteiger partial charge in [-0.15, -0.1) is 0 Å². The molecule has 0 spiro atoms. The molecule has 2 amide bonds. The van der Waals surface area contributed by atoms with Crippen LogP contribution in [0.4, 0.5) is 5.69 Å². The molecule has 35 heavy (non-hydrogen) atoms. The molecular formula is C24H26N4O6S. The zero-order valence-electron chi connectivity index (χ0n) is 19.3. The van der Waals surface area contributed by atoms with Crippen molar-refractivity contribution in [1.29, 1.82) is 0 Å². The molecule has 184 valence electrons. The summed E-state index contributed by atoms with van der Waals surface area (Å²) >= 11 is 0. The van der Waals surface area contributed by atoms with E-state index in [-0.39, 0.29) is 54.9 Å². The van der Waals surface area contributed by atoms with E-state index in [2.05, 4.69) is 0 Å². The van der Waals surface area contributed by atoms with Crippen molar-refractivity contribution in [2.75, 3.05) is 37.6 Å². The van der Waals surface area contributed by atoms with Gasteiger partial charge in [-0.1, -0.05) is 18.2 Å². The van der Waals surface area contributed by atoms with Gasteiger partial charge in [0.1, 0.15) is 0 Å². The number of aryl methyl sites for hydroxylation is 1. The number of hydrogen-bond acceptors (Lipinski definition) is 6. The van der Waals surface area contributed by atoms with Crippen LogP contribution in [0.5, 0.6) is 0 Å². The molecule has 0 aliphatic carbocycles. The molecule has 5 rings (SSSR count). The van der Waals surface area contributed by atoms with Gasteiger partial charge in [0.2, 0.25) is 21.8 Å². The fourth-order valence-electron chi connectivity index (χ4n) is 4.79. The normalized spacial score (nSPS) is 19.6. The van der Waals surface area contributed by atoms with Crippen molar-refractivity contribution in [2.24, 2.45) is 5.92 Å². The number of carbonyl (C=O) groups excluding carboxylic acids is 2. The second-order valence-corrected chi connectivity index (χ2v) is 10.7. The van der Waals surface area contributed by atoms with E-state index >= 15 is 0 Å². The molecule has 3 aromatic rings. The summed E-state index contributed by atoms with van der Waals surface area (Å²) < 4.78 is 34.4. The van der Waals surface area contributed by atoms with Gasteiger partial charge < -0.3 is 14.2 Å². The Morgan fingerprint density at radius 3 is 2.43 bits per heavy atom. The fourth-order valence-corrected chi connectivity index (χ4v) is 6.23. The Hall–Kier alpha value is -3.44. The Morgan fingerprint density at radius 1 is 1.03 bits per heavy atom. The van der Waals surface area contributed by atoms with Crippen LogP contribution in [-0.4, -0.2) is 66.7 Å². The highest BCUT2D eigenvalue weighted by Crippen LogP contribution is 2.27. The molecule has 0 unspecified atom stereocenters. The van der Waals surface area contributed by atoms with Crippen molar-refractivity contribution in [1.82, 2.24) is 13.8 Å². The van der Waals surface area contributed by atoms with Crippen LogP contribution in [0.25, 0.3) is 11.1 Å². The largest absolute Gasteiger partial charge is 0.419 e. The molecule has 0 N–H and O–H groups in total. The van der Waals surface area contributed by atoms with Crippen LogP contribution < -0.4 is 10.7 Å². The Morgan fingerprint density at radius 2 is 1.74 bits per heavy atom. The molecule has 1 atom stereocenters. The summed E-state index contributed by atoms with van der Waals surface area (Å²) in [5.41, 5.74) is 1.54. The van der Waals surface area contributed by atoms with Gasteiger partial charge in [0.15, 0.2) is 5.58 Å². The SMILES string of the molecule is CCn1c(=O)oc2cc(S(=O)(=O)N3CCN(C(=O)[C@H]4CC(=O)N(c5ccccc5)C4)CC3)ccc21. The maximum absolute atomic E-state index is 13.2. The molecule has 2 aliphatic rings. The highest BCUT2D eigenvalue weighted by molar-refractivity contribution is 7.89. The van der Waals surface area contributed by atoms with Gasteiger partial charge >= 0.3 is 5.76 Å². The molecule has 10 nitrogen and oxygen atoms in total. The minimum atomic E-state index is -3.82. The highest BCUT2D eigenvalue weighted by Gasteiger charge is 2.39. The average molecular weight is 499 g/mol. The summed E-state index contributed by atoms with van der Waals surface area (Å²) in [7, 11) is -3.82. The lowest BCUT2D eigenvalue weighted by molar-refractivity contribution is -0.136. The first-order chi connectivity index (χ1) is 16.8. The molecule has 2 aromatic carbocycles. The van der Waals surface area contributed by atoms with Gasteiger partial charge in [-0.05, 0) is 31.2 Å². The molecule has 0 radical (unpaired) electrons. The third-order valence-corrected chi connectivity index (χ3v) is 8.58. The third kappa shape index (κ3) is 4.14. The second-order valence-electron chi connectivity index (χ2n) is 8.71. The number of oxazole rings is 1. The van der Waals surface area contributed by atoms with Crippen LogP contribution in [0.15, 0.2) is 62.6 Å². The number of piperazine rings is 1. The molecule has 1 aromatic heterocycles. The number of anilines is 1. The number of nitrogens with zero attached hydrogens (tertiary/aromatic N) is 4. The van der Waals surface area contributed by atoms with Crippen molar-refractivity contribution < 1.29 is 22.4 Å². The number of amides is 2. The van der Waals surface area contributed by atoms with Gasteiger partial charge in [-0.3, -0.25) is 14.2 Å². The Kier molecular flexibility index (Phi) is 5.97. The molecule has 2 aliphatic heterocycles. The van der Waals surface area contributed by atoms with Crippen LogP contribution in [0.2, 0.25) is 0 Å². The summed E-state index contributed by atoms with van der Waals surface area (Å²) in [6.45, 7) is 3.34. The number of benzene rings is 2. The van der Waals surface area contributed by atoms with Gasteiger partial charge in [0.25, 0.3) is 0 Å². The van der Waals surface area contributed by atoms with E-state index in [1.54, 1.807) is 15.9 Å². The van der Waals surface area contributed by atoms with Crippen molar-refractivity contribution in [3.05, 3.63) is 59.1 Å². The van der Waals surface area contributed by atoms with Crippen LogP contribution in [-0.2, 0) is 26.2 Å². The molecule has 2 fully saturated rings. The number of aromatic nitrogens is 1. The second kappa shape index (κ2) is 8.97. The van der Waals surface area contributed by atoms with Crippen molar-refractivity contribution in [3.8, 4) is 0 Å². The Labute approximate surface area is 202 Å². The van der Waals surface area contributed by atoms with E-state index in [0.717, 1.165) is 5.69 Å². The van der Waals surface area contributed by atoms with E-state index in [1.165, 1.54) is 21.0 Å². The smallest absolute Gasteiger partial charge is 0.408 e. The fraction of sp³-hybridized carbons (Fsp3) is 0.375. The minimum Gasteiger partial charge on any atom is -0.408 e. The van der Waals surface area contributed by atoms with Crippen molar-refractivity contribution >= 4 is 38.6 Å². The maximum Gasteiger partial charge on any atom is 0.419 e. The molecule has 0 saturated carbocycles. The standard InChI is InChI=1S/C24H26N4O6S/c1-2-27-20-9-8-19(15-21(20)34-24(27)31)35(32,33)26-12-10-25(11-13-26)23(30)17-14-22(29)28(16-17)18-6-4-3-5-7-18/h3-9,15,17H,2,10-14,16H2,1H3/t17-/m0/s1. The number of rotatable bonds is 5. The molecule has 2 saturated heterocycles. The third-order valence-electron chi connectivity index (χ3n) is 6.69. The number of para-hydroxylation sites is 1. The van der Waals surface area contributed by atoms with Crippen LogP contribution in [0, 0.1) is 5.92 Å². The molecule has 11 heteroatoms. The Balaban J connectivity index is 1.25. The van der Waals surface area contributed by atoms with E-state index in [0.29, 0.717) is 18.6 Å². The predicted molar refractivity (Wildman–Crippen MR) is 128 cm³/mol. The first-order valence-electron chi connectivity index (χ1n) is 11.6. The van der Waals surface area contributed by atoms with Crippen LogP contribution in [0.3, 0.4) is 0 Å². The molecule has 3 heterocycles. The average Bonchev–Trinajstić information content (AvgIpc) is 3.42. The van der Waals surface area contributed by atoms with E-state index < -0.39 is 21.7 Å². The van der Waals surface area contributed by atoms with Crippen LogP contribution in [0.1, 0.15) is 13.3 Å². The minimum absolute atomic E-state index is 0.0432. The lowest BCUT2D eigenvalue weighted by Gasteiger charge is -2.35. The predicted octanol–water partition coefficient (Wildman–Crippen LogP) is 1.50. The van der Waals surface area contributed by atoms with E-state index in [4.69, 9.17) is 4.42 Å². The van der Waals surface area contributed by atoms with E-state index in [1.807, 2.05) is 37.3 Å². The summed E-state index contributed by atoms with van der Waals surface area (Å²) in [6.07, 6.45) is 0.148. The highest BCUT2D eigenvalue weighted by atomic mass is 32.2. The molecule has 0 bridgehead atoms. The lowest BCUT2D eigenvalue weighted by atomic mass is 10.1. The molecular weight excluding hydrogens is 472 g/mol. The van der Waals surface area contributed by atoms with Gasteiger partial charge in [-0.25, -0.2) is 13.2 Å².